The summed E-state index contributed by atoms with van der Waals surface area (Å²) in [7, 11) is 0. The van der Waals surface area contributed by atoms with Crippen LogP contribution in [0.4, 0.5) is 0 Å². The average Bonchev–Trinajstić information content (AvgIpc) is 3.17. The third-order valence-electron chi connectivity index (χ3n) is 6.66. The van der Waals surface area contributed by atoms with E-state index in [1.54, 1.807) is 18.2 Å². The van der Waals surface area contributed by atoms with Crippen LogP contribution < -0.4 is 16.0 Å². The van der Waals surface area contributed by atoms with Gasteiger partial charge >= 0.3 is 0 Å². The van der Waals surface area contributed by atoms with Gasteiger partial charge in [-0.05, 0) is 44.0 Å². The van der Waals surface area contributed by atoms with Crippen LogP contribution in [-0.4, -0.2) is 70.7 Å². The van der Waals surface area contributed by atoms with Crippen molar-refractivity contribution in [3.05, 3.63) is 34.9 Å². The Kier molecular flexibility index (Phi) is 4.63. The molecular weight excluding hydrogens is 402 g/mol. The van der Waals surface area contributed by atoms with E-state index >= 15 is 0 Å². The lowest BCUT2D eigenvalue weighted by molar-refractivity contribution is -0.136. The maximum absolute atomic E-state index is 13.3. The number of imide groups is 2. The van der Waals surface area contributed by atoms with Gasteiger partial charge in [0, 0.05) is 13.0 Å². The van der Waals surface area contributed by atoms with Crippen LogP contribution in [0.1, 0.15) is 52.0 Å². The van der Waals surface area contributed by atoms with Crippen molar-refractivity contribution in [3.63, 3.8) is 0 Å². The highest BCUT2D eigenvalue weighted by Gasteiger charge is 2.48. The molecule has 1 aromatic rings. The minimum Gasteiger partial charge on any atom is -0.337 e. The van der Waals surface area contributed by atoms with Gasteiger partial charge in [0.15, 0.2) is 0 Å². The molecule has 1 unspecified atom stereocenters. The molecule has 10 heteroatoms. The number of piperidine rings is 2. The minimum absolute atomic E-state index is 0.0537. The van der Waals surface area contributed by atoms with Gasteiger partial charge in [-0.25, -0.2) is 0 Å². The molecule has 162 valence electrons. The van der Waals surface area contributed by atoms with E-state index < -0.39 is 35.3 Å². The quantitative estimate of drug-likeness (QED) is 0.536. The number of nitrogens with zero attached hydrogens (tertiary/aromatic N) is 2. The molecule has 10 nitrogen and oxygen atoms in total. The van der Waals surface area contributed by atoms with Crippen LogP contribution in [0.25, 0.3) is 0 Å². The smallest absolute Gasteiger partial charge is 0.262 e. The molecule has 4 aliphatic heterocycles. The lowest BCUT2D eigenvalue weighted by atomic mass is 9.95. The SMILES string of the molecule is O=C1CCC(N2C(=O)c3cccc(CN4CC(=O)NC45CCNCC5)c3C2=O)C(=O)N1. The zero-order valence-corrected chi connectivity index (χ0v) is 16.9. The molecule has 5 amide bonds. The Hall–Kier alpha value is -3.11. The standard InChI is InChI=1S/C21H23N5O5/c27-15-5-4-14(18(29)23-15)26-19(30)13-3-1-2-12(17(13)20(26)31)10-25-11-16(28)24-21(25)6-8-22-9-7-21/h1-3,14,22H,4-11H2,(H,24,28)(H,23,27,29). The number of nitrogens with one attached hydrogen (secondary N) is 3. The lowest BCUT2D eigenvalue weighted by Crippen LogP contribution is -2.57. The Morgan fingerprint density at radius 1 is 1.00 bits per heavy atom. The molecule has 31 heavy (non-hydrogen) atoms. The highest BCUT2D eigenvalue weighted by Crippen LogP contribution is 2.34. The second kappa shape index (κ2) is 7.24. The van der Waals surface area contributed by atoms with E-state index in [1.807, 2.05) is 4.90 Å². The number of fused-ring (bicyclic) bond motifs is 1. The first-order valence-corrected chi connectivity index (χ1v) is 10.5. The third-order valence-corrected chi connectivity index (χ3v) is 6.66. The molecule has 3 fully saturated rings. The van der Waals surface area contributed by atoms with Crippen LogP contribution >= 0.6 is 0 Å². The average molecular weight is 425 g/mol. The highest BCUT2D eigenvalue weighted by atomic mass is 16.2. The second-order valence-electron chi connectivity index (χ2n) is 8.47. The van der Waals surface area contributed by atoms with Gasteiger partial charge in [0.25, 0.3) is 11.8 Å². The topological polar surface area (TPSA) is 128 Å². The molecule has 1 aromatic carbocycles. The van der Waals surface area contributed by atoms with Crippen LogP contribution in [0, 0.1) is 0 Å². The van der Waals surface area contributed by atoms with E-state index in [9.17, 15) is 24.0 Å². The van der Waals surface area contributed by atoms with Gasteiger partial charge in [0.05, 0.1) is 23.3 Å². The molecule has 0 saturated carbocycles. The first-order chi connectivity index (χ1) is 14.9. The van der Waals surface area contributed by atoms with Gasteiger partial charge in [-0.3, -0.25) is 39.1 Å². The Morgan fingerprint density at radius 2 is 1.77 bits per heavy atom. The highest BCUT2D eigenvalue weighted by molar-refractivity contribution is 6.24. The molecule has 1 spiro atoms. The zero-order chi connectivity index (χ0) is 21.8. The summed E-state index contributed by atoms with van der Waals surface area (Å²) < 4.78 is 0. The molecule has 0 radical (unpaired) electrons. The molecule has 0 aliphatic carbocycles. The number of carbonyl (C=O) groups is 5. The van der Waals surface area contributed by atoms with Crippen molar-refractivity contribution in [1.82, 2.24) is 25.8 Å². The Morgan fingerprint density at radius 3 is 2.52 bits per heavy atom. The number of hydrogen-bond donors (Lipinski definition) is 3. The Labute approximate surface area is 178 Å². The van der Waals surface area contributed by atoms with Crippen molar-refractivity contribution in [2.75, 3.05) is 19.6 Å². The van der Waals surface area contributed by atoms with Gasteiger partial charge in [-0.2, -0.15) is 0 Å². The fourth-order valence-electron chi connectivity index (χ4n) is 5.11. The normalized spacial score (nSPS) is 25.7. The minimum atomic E-state index is -0.997. The summed E-state index contributed by atoms with van der Waals surface area (Å²) >= 11 is 0. The van der Waals surface area contributed by atoms with Crippen molar-refractivity contribution in [2.45, 2.75) is 43.9 Å². The number of carbonyl (C=O) groups excluding carboxylic acids is 5. The van der Waals surface area contributed by atoms with E-state index in [0.29, 0.717) is 12.1 Å². The summed E-state index contributed by atoms with van der Waals surface area (Å²) in [6.07, 6.45) is 1.70. The van der Waals surface area contributed by atoms with Crippen LogP contribution in [0.15, 0.2) is 18.2 Å². The number of amides is 5. The van der Waals surface area contributed by atoms with Crippen molar-refractivity contribution in [3.8, 4) is 0 Å². The molecule has 0 bridgehead atoms. The van der Waals surface area contributed by atoms with Crippen LogP contribution in [0.5, 0.6) is 0 Å². The Balaban J connectivity index is 1.45. The third kappa shape index (κ3) is 3.14. The summed E-state index contributed by atoms with van der Waals surface area (Å²) in [5, 5.41) is 8.60. The fraction of sp³-hybridized carbons (Fsp3) is 0.476. The van der Waals surface area contributed by atoms with E-state index in [4.69, 9.17) is 0 Å². The predicted octanol–water partition coefficient (Wildman–Crippen LogP) is -0.901. The van der Waals surface area contributed by atoms with Gasteiger partial charge in [0.2, 0.25) is 17.7 Å². The summed E-state index contributed by atoms with van der Waals surface area (Å²) in [5.74, 6) is -2.14. The summed E-state index contributed by atoms with van der Waals surface area (Å²) in [6, 6.07) is 4.09. The summed E-state index contributed by atoms with van der Waals surface area (Å²) in [5.41, 5.74) is 0.728. The number of hydrogen-bond acceptors (Lipinski definition) is 7. The van der Waals surface area contributed by atoms with E-state index in [-0.39, 0.29) is 36.4 Å². The molecule has 1 atom stereocenters. The number of benzene rings is 1. The molecule has 3 saturated heterocycles. The van der Waals surface area contributed by atoms with Crippen LogP contribution in [-0.2, 0) is 20.9 Å². The van der Waals surface area contributed by atoms with Crippen molar-refractivity contribution in [2.24, 2.45) is 0 Å². The monoisotopic (exact) mass is 425 g/mol. The summed E-state index contributed by atoms with van der Waals surface area (Å²) in [4.78, 5) is 65.3. The van der Waals surface area contributed by atoms with E-state index in [0.717, 1.165) is 30.8 Å². The Bertz CT molecular complexity index is 1020. The lowest BCUT2D eigenvalue weighted by Gasteiger charge is -2.41. The fourth-order valence-corrected chi connectivity index (χ4v) is 5.11. The first-order valence-electron chi connectivity index (χ1n) is 10.5. The molecule has 0 aromatic heterocycles. The van der Waals surface area contributed by atoms with Crippen LogP contribution in [0.3, 0.4) is 0 Å². The first kappa shape index (κ1) is 19.8. The summed E-state index contributed by atoms with van der Waals surface area (Å²) in [6.45, 7) is 2.13. The van der Waals surface area contributed by atoms with Gasteiger partial charge in [-0.15, -0.1) is 0 Å². The van der Waals surface area contributed by atoms with Crippen LogP contribution in [0.2, 0.25) is 0 Å². The largest absolute Gasteiger partial charge is 0.337 e. The van der Waals surface area contributed by atoms with Gasteiger partial charge in [0.1, 0.15) is 6.04 Å². The molecule has 4 aliphatic rings. The second-order valence-corrected chi connectivity index (χ2v) is 8.47. The number of rotatable bonds is 3. The molecule has 3 N–H and O–H groups in total. The van der Waals surface area contributed by atoms with Crippen molar-refractivity contribution >= 4 is 29.5 Å². The van der Waals surface area contributed by atoms with Crippen molar-refractivity contribution < 1.29 is 24.0 Å². The zero-order valence-electron chi connectivity index (χ0n) is 16.9. The van der Waals surface area contributed by atoms with Gasteiger partial charge in [-0.1, -0.05) is 12.1 Å². The maximum atomic E-state index is 13.3. The van der Waals surface area contributed by atoms with E-state index in [1.165, 1.54) is 0 Å². The maximum Gasteiger partial charge on any atom is 0.262 e. The van der Waals surface area contributed by atoms with Gasteiger partial charge < -0.3 is 10.6 Å². The van der Waals surface area contributed by atoms with Crippen molar-refractivity contribution in [1.29, 1.82) is 0 Å². The molecule has 4 heterocycles. The van der Waals surface area contributed by atoms with E-state index in [2.05, 4.69) is 16.0 Å². The predicted molar refractivity (Wildman–Crippen MR) is 107 cm³/mol. The molecular formula is C21H23N5O5. The molecule has 5 rings (SSSR count).